The average Bonchev–Trinajstić information content (AvgIpc) is 3.17. The van der Waals surface area contributed by atoms with Gasteiger partial charge in [0.2, 0.25) is 0 Å². The van der Waals surface area contributed by atoms with E-state index in [1.54, 1.807) is 97.1 Å². The van der Waals surface area contributed by atoms with Crippen molar-refractivity contribution in [1.29, 1.82) is 0 Å². The highest BCUT2D eigenvalue weighted by atomic mass is 31.2. The third kappa shape index (κ3) is 7.84. The molecule has 0 aliphatic heterocycles. The quantitative estimate of drug-likeness (QED) is 0.115. The normalized spacial score (nSPS) is 15.6. The van der Waals surface area contributed by atoms with Crippen LogP contribution in [0.1, 0.15) is 36.1 Å². The van der Waals surface area contributed by atoms with E-state index in [2.05, 4.69) is 0 Å². The van der Waals surface area contributed by atoms with Gasteiger partial charge in [-0.3, -0.25) is 0 Å². The van der Waals surface area contributed by atoms with Gasteiger partial charge in [0, 0.05) is 22.3 Å². The van der Waals surface area contributed by atoms with Crippen molar-refractivity contribution >= 4 is 38.3 Å². The maximum atomic E-state index is 14.8. The number of benzene rings is 6. The van der Waals surface area contributed by atoms with Gasteiger partial charge in [0.15, 0.2) is 0 Å². The Kier molecular flexibility index (Phi) is 10.0. The summed E-state index contributed by atoms with van der Waals surface area (Å²) in [7, 11) is -8.81. The molecule has 6 aromatic carbocycles. The monoisotopic (exact) mass is 728 g/mol. The molecule has 0 bridgehead atoms. The molecule has 10 heteroatoms. The van der Waals surface area contributed by atoms with Gasteiger partial charge in [-0.1, -0.05) is 121 Å². The SMILES string of the molecule is C/C1=C(\OP(=O)(Oc2ccccc2)Oc2ccccc2)c2ccccc2/C(C)=C(/OP(=O)(Oc2ccccc2)Oc2ccccc2)c2ccccc21. The first-order valence-electron chi connectivity index (χ1n) is 16.5. The van der Waals surface area contributed by atoms with Crippen LogP contribution >= 0.6 is 15.6 Å². The van der Waals surface area contributed by atoms with Crippen LogP contribution in [0, 0.1) is 0 Å². The van der Waals surface area contributed by atoms with Crippen LogP contribution < -0.4 is 18.1 Å². The third-order valence-electron chi connectivity index (χ3n) is 8.08. The molecule has 8 nitrogen and oxygen atoms in total. The minimum absolute atomic E-state index is 0.265. The fourth-order valence-electron chi connectivity index (χ4n) is 5.68. The zero-order chi connectivity index (χ0) is 36.0. The molecule has 1 aliphatic carbocycles. The lowest BCUT2D eigenvalue weighted by Crippen LogP contribution is -2.11. The van der Waals surface area contributed by atoms with Crippen LogP contribution in [-0.2, 0) is 18.2 Å². The van der Waals surface area contributed by atoms with Crippen LogP contribution in [0.4, 0.5) is 0 Å². The number of hydrogen-bond acceptors (Lipinski definition) is 8. The first-order chi connectivity index (χ1) is 25.3. The second kappa shape index (κ2) is 15.1. The van der Waals surface area contributed by atoms with Crippen molar-refractivity contribution in [1.82, 2.24) is 0 Å². The van der Waals surface area contributed by atoms with Gasteiger partial charge in [-0.2, -0.15) is 9.13 Å². The topological polar surface area (TPSA) is 89.5 Å². The van der Waals surface area contributed by atoms with E-state index in [1.165, 1.54) is 0 Å². The Morgan fingerprint density at radius 2 is 0.538 bits per heavy atom. The van der Waals surface area contributed by atoms with E-state index in [0.717, 1.165) is 0 Å². The number of rotatable bonds is 12. The Balaban J connectivity index is 1.36. The Morgan fingerprint density at radius 3 is 0.808 bits per heavy atom. The first-order valence-corrected chi connectivity index (χ1v) is 19.4. The van der Waals surface area contributed by atoms with Gasteiger partial charge < -0.3 is 27.1 Å². The predicted molar refractivity (Wildman–Crippen MR) is 204 cm³/mol. The minimum atomic E-state index is -4.41. The molecule has 1 aliphatic rings. The molecule has 0 saturated carbocycles. The number of para-hydroxylation sites is 4. The molecular weight excluding hydrogens is 694 g/mol. The molecule has 0 N–H and O–H groups in total. The van der Waals surface area contributed by atoms with Crippen LogP contribution in [0.5, 0.6) is 23.0 Å². The third-order valence-corrected chi connectivity index (χ3v) is 10.6. The maximum Gasteiger partial charge on any atom is 0.647 e. The zero-order valence-corrected chi connectivity index (χ0v) is 30.1. The number of phosphoric acid groups is 2. The van der Waals surface area contributed by atoms with Crippen LogP contribution in [0.3, 0.4) is 0 Å². The molecule has 7 rings (SSSR count). The van der Waals surface area contributed by atoms with Gasteiger partial charge in [-0.25, -0.2) is 0 Å². The molecular formula is C42H34O8P2. The molecule has 260 valence electrons. The summed E-state index contributed by atoms with van der Waals surface area (Å²) in [5.74, 6) is 1.75. The molecule has 52 heavy (non-hydrogen) atoms. The van der Waals surface area contributed by atoms with Gasteiger partial charge in [-0.05, 0) is 73.5 Å². The molecule has 0 heterocycles. The van der Waals surface area contributed by atoms with E-state index in [4.69, 9.17) is 27.1 Å². The first kappa shape index (κ1) is 34.5. The largest absolute Gasteiger partial charge is 0.647 e. The Labute approximate surface area is 302 Å². The van der Waals surface area contributed by atoms with Crippen LogP contribution in [0.2, 0.25) is 0 Å². The minimum Gasteiger partial charge on any atom is -0.386 e. The van der Waals surface area contributed by atoms with Gasteiger partial charge in [-0.15, -0.1) is 0 Å². The van der Waals surface area contributed by atoms with Gasteiger partial charge in [0.05, 0.1) is 0 Å². The summed E-state index contributed by atoms with van der Waals surface area (Å²) in [4.78, 5) is 0. The summed E-state index contributed by atoms with van der Waals surface area (Å²) in [5.41, 5.74) is 3.63. The van der Waals surface area contributed by atoms with E-state index in [0.29, 0.717) is 56.4 Å². The zero-order valence-electron chi connectivity index (χ0n) is 28.3. The molecule has 0 fully saturated rings. The Bertz CT molecular complexity index is 2070. The summed E-state index contributed by atoms with van der Waals surface area (Å²) in [6.07, 6.45) is 0. The molecule has 0 saturated heterocycles. The van der Waals surface area contributed by atoms with E-state index < -0.39 is 15.6 Å². The van der Waals surface area contributed by atoms with Crippen LogP contribution in [-0.4, -0.2) is 0 Å². The number of fused-ring (bicyclic) bond motifs is 2. The number of hydrogen-bond donors (Lipinski definition) is 0. The number of allylic oxidation sites excluding steroid dienone is 2. The summed E-state index contributed by atoms with van der Waals surface area (Å²) in [6, 6.07) is 49.7. The standard InChI is InChI=1S/C42H34O8P2/c1-31-37-27-15-17-29-39(37)42(50-52(44,47-35-23-11-5-12-24-35)48-36-25-13-6-14-26-36)32(2)38-28-16-18-30-40(38)41(31)49-51(43,45-33-19-7-3-8-20-33)46-34-21-9-4-10-22-34/h3-30H,1-2H3/b37-31?,38-32?,41-31+,41-40?,42-32+,42-39?. The Morgan fingerprint density at radius 1 is 0.308 bits per heavy atom. The molecule has 6 aromatic rings. The van der Waals surface area contributed by atoms with Crippen molar-refractivity contribution < 1.29 is 36.3 Å². The highest BCUT2D eigenvalue weighted by Crippen LogP contribution is 2.58. The Hall–Kier alpha value is -5.94. The maximum absolute atomic E-state index is 14.8. The van der Waals surface area contributed by atoms with Crippen LogP contribution in [0.15, 0.2) is 170 Å². The lowest BCUT2D eigenvalue weighted by Gasteiger charge is -2.28. The lowest BCUT2D eigenvalue weighted by molar-refractivity contribution is 0.284. The van der Waals surface area contributed by atoms with E-state index in [9.17, 15) is 9.13 Å². The van der Waals surface area contributed by atoms with Gasteiger partial charge >= 0.3 is 15.6 Å². The van der Waals surface area contributed by atoms with Crippen molar-refractivity contribution in [3.63, 3.8) is 0 Å². The van der Waals surface area contributed by atoms with Crippen LogP contribution in [0.25, 0.3) is 22.7 Å². The average molecular weight is 729 g/mol. The molecule has 0 amide bonds. The molecule has 0 atom stereocenters. The van der Waals surface area contributed by atoms with E-state index in [-0.39, 0.29) is 11.5 Å². The lowest BCUT2D eigenvalue weighted by atomic mass is 9.88. The molecule has 0 aromatic heterocycles. The van der Waals surface area contributed by atoms with Gasteiger partial charge in [0.1, 0.15) is 34.5 Å². The molecule has 0 unspecified atom stereocenters. The molecule has 0 radical (unpaired) electrons. The number of phosphoric ester groups is 2. The van der Waals surface area contributed by atoms with E-state index >= 15 is 0 Å². The van der Waals surface area contributed by atoms with Crippen molar-refractivity contribution in [2.45, 2.75) is 13.8 Å². The van der Waals surface area contributed by atoms with Crippen molar-refractivity contribution in [2.75, 3.05) is 0 Å². The van der Waals surface area contributed by atoms with Crippen molar-refractivity contribution in [3.05, 3.63) is 192 Å². The van der Waals surface area contributed by atoms with Crippen molar-refractivity contribution in [3.8, 4) is 23.0 Å². The second-order valence-corrected chi connectivity index (χ2v) is 14.6. The fraction of sp³-hybridized carbons (Fsp3) is 0.0476. The molecule has 0 spiro atoms. The van der Waals surface area contributed by atoms with E-state index in [1.807, 2.05) is 86.6 Å². The second-order valence-electron chi connectivity index (χ2n) is 11.7. The smallest absolute Gasteiger partial charge is 0.386 e. The fourth-order valence-corrected chi connectivity index (χ4v) is 8.34. The summed E-state index contributed by atoms with van der Waals surface area (Å²) >= 11 is 0. The van der Waals surface area contributed by atoms with Crippen molar-refractivity contribution in [2.24, 2.45) is 0 Å². The predicted octanol–water partition coefficient (Wildman–Crippen LogP) is 12.3. The summed E-state index contributed by atoms with van der Waals surface area (Å²) in [6.45, 7) is 3.69. The summed E-state index contributed by atoms with van der Waals surface area (Å²) < 4.78 is 66.6. The van der Waals surface area contributed by atoms with Gasteiger partial charge in [0.25, 0.3) is 0 Å². The summed E-state index contributed by atoms with van der Waals surface area (Å²) in [5, 5.41) is 0. The highest BCUT2D eigenvalue weighted by Gasteiger charge is 2.39. The highest BCUT2D eigenvalue weighted by molar-refractivity contribution is 7.50.